The highest BCUT2D eigenvalue weighted by molar-refractivity contribution is 9.10. The van der Waals surface area contributed by atoms with Crippen LogP contribution in [0.25, 0.3) is 0 Å². The van der Waals surface area contributed by atoms with E-state index in [-0.39, 0.29) is 18.1 Å². The number of fused-ring (bicyclic) bond motifs is 2. The summed E-state index contributed by atoms with van der Waals surface area (Å²) in [5, 5.41) is 12.2. The van der Waals surface area contributed by atoms with Crippen LogP contribution < -0.4 is 5.32 Å². The van der Waals surface area contributed by atoms with E-state index in [0.29, 0.717) is 5.69 Å². The van der Waals surface area contributed by atoms with Crippen molar-refractivity contribution in [1.29, 1.82) is 0 Å². The Kier molecular flexibility index (Phi) is 3.75. The molecule has 0 radical (unpaired) electrons. The number of hydrogen-bond donors (Lipinski definition) is 2. The molecule has 0 unspecified atom stereocenters. The van der Waals surface area contributed by atoms with Crippen LogP contribution in [0.5, 0.6) is 0 Å². The molecule has 2 heterocycles. The zero-order chi connectivity index (χ0) is 15.1. The zero-order valence-corrected chi connectivity index (χ0v) is 13.1. The number of ether oxygens (including phenoxy) is 1. The monoisotopic (exact) mass is 353 g/mol. The lowest BCUT2D eigenvalue weighted by molar-refractivity contribution is -0.147. The third-order valence-corrected chi connectivity index (χ3v) is 4.80. The van der Waals surface area contributed by atoms with Gasteiger partial charge >= 0.3 is 5.97 Å². The van der Waals surface area contributed by atoms with Crippen LogP contribution in [0, 0.1) is 18.8 Å². The van der Waals surface area contributed by atoms with Gasteiger partial charge in [-0.2, -0.15) is 0 Å². The molecule has 6 heteroatoms. The van der Waals surface area contributed by atoms with E-state index in [1.54, 1.807) is 6.07 Å². The molecule has 0 aromatic heterocycles. The molecule has 2 aliphatic heterocycles. The van der Waals surface area contributed by atoms with Crippen molar-refractivity contribution in [3.63, 3.8) is 0 Å². The summed E-state index contributed by atoms with van der Waals surface area (Å²) in [6, 6.07) is 5.55. The van der Waals surface area contributed by atoms with Gasteiger partial charge in [-0.05, 0) is 43.5 Å². The Morgan fingerprint density at radius 1 is 1.29 bits per heavy atom. The van der Waals surface area contributed by atoms with Crippen LogP contribution in [0.15, 0.2) is 22.7 Å². The van der Waals surface area contributed by atoms with Crippen molar-refractivity contribution in [3.05, 3.63) is 28.2 Å². The van der Waals surface area contributed by atoms with Gasteiger partial charge in [0.25, 0.3) is 0 Å². The molecule has 1 aromatic carbocycles. The molecule has 2 saturated heterocycles. The predicted octanol–water partition coefficient (Wildman–Crippen LogP) is 2.57. The van der Waals surface area contributed by atoms with E-state index in [1.807, 2.05) is 19.1 Å². The van der Waals surface area contributed by atoms with E-state index >= 15 is 0 Å². The number of carboxylic acids is 1. The number of halogens is 1. The number of anilines is 1. The topological polar surface area (TPSA) is 75.6 Å². The average molecular weight is 354 g/mol. The minimum atomic E-state index is -0.949. The zero-order valence-electron chi connectivity index (χ0n) is 11.5. The number of hydrogen-bond acceptors (Lipinski definition) is 3. The fourth-order valence-corrected chi connectivity index (χ4v) is 3.78. The molecule has 112 valence electrons. The van der Waals surface area contributed by atoms with Crippen LogP contribution in [0.2, 0.25) is 0 Å². The maximum Gasteiger partial charge on any atom is 0.310 e. The van der Waals surface area contributed by atoms with E-state index in [0.717, 1.165) is 22.9 Å². The Labute approximate surface area is 130 Å². The molecule has 0 spiro atoms. The van der Waals surface area contributed by atoms with Crippen LogP contribution in [0.3, 0.4) is 0 Å². The number of nitrogens with one attached hydrogen (secondary N) is 1. The maximum absolute atomic E-state index is 12.5. The highest BCUT2D eigenvalue weighted by Gasteiger charge is 2.55. The number of amides is 1. The number of aryl methyl sites for hydroxylation is 1. The third kappa shape index (κ3) is 2.58. The fourth-order valence-electron chi connectivity index (χ4n) is 3.31. The van der Waals surface area contributed by atoms with E-state index < -0.39 is 17.8 Å². The normalized spacial score (nSPS) is 30.4. The van der Waals surface area contributed by atoms with Crippen LogP contribution in [0.1, 0.15) is 18.4 Å². The molecule has 5 nitrogen and oxygen atoms in total. The van der Waals surface area contributed by atoms with Gasteiger partial charge in [0.15, 0.2) is 0 Å². The second-order valence-electron chi connectivity index (χ2n) is 5.63. The van der Waals surface area contributed by atoms with Gasteiger partial charge < -0.3 is 15.2 Å². The minimum Gasteiger partial charge on any atom is -0.481 e. The molecule has 2 aliphatic rings. The standard InChI is InChI=1S/C15H16BrNO4/c1-7-6-8(16)2-3-9(7)17-14(18)12-10-4-5-11(21-10)13(12)15(19)20/h2-3,6,10-13H,4-5H2,1H3,(H,17,18)(H,19,20)/t10-,11-,12-,13+/m1/s1. The van der Waals surface area contributed by atoms with Gasteiger partial charge in [0.1, 0.15) is 0 Å². The molecular weight excluding hydrogens is 338 g/mol. The van der Waals surface area contributed by atoms with Crippen molar-refractivity contribution in [2.24, 2.45) is 11.8 Å². The molecule has 2 bridgehead atoms. The average Bonchev–Trinajstić information content (AvgIpc) is 3.02. The first kappa shape index (κ1) is 14.5. The fraction of sp³-hybridized carbons (Fsp3) is 0.467. The number of carboxylic acid groups (broad SMARTS) is 1. The van der Waals surface area contributed by atoms with Gasteiger partial charge in [-0.15, -0.1) is 0 Å². The lowest BCUT2D eigenvalue weighted by Crippen LogP contribution is -2.41. The predicted molar refractivity (Wildman–Crippen MR) is 80.0 cm³/mol. The van der Waals surface area contributed by atoms with Gasteiger partial charge in [-0.25, -0.2) is 0 Å². The van der Waals surface area contributed by atoms with Gasteiger partial charge in [0, 0.05) is 10.2 Å². The molecule has 2 N–H and O–H groups in total. The van der Waals surface area contributed by atoms with Crippen LogP contribution in [-0.4, -0.2) is 29.2 Å². The lowest BCUT2D eigenvalue weighted by atomic mass is 9.78. The Balaban J connectivity index is 1.80. The molecule has 1 amide bonds. The van der Waals surface area contributed by atoms with Crippen LogP contribution in [0.4, 0.5) is 5.69 Å². The summed E-state index contributed by atoms with van der Waals surface area (Å²) in [6.07, 6.45) is 0.885. The second-order valence-corrected chi connectivity index (χ2v) is 6.54. The summed E-state index contributed by atoms with van der Waals surface area (Å²) in [6.45, 7) is 1.90. The number of carbonyl (C=O) groups excluding carboxylic acids is 1. The van der Waals surface area contributed by atoms with Gasteiger partial charge in [0.2, 0.25) is 5.91 Å². The van der Waals surface area contributed by atoms with Crippen LogP contribution in [-0.2, 0) is 14.3 Å². The van der Waals surface area contributed by atoms with Crippen molar-refractivity contribution in [2.75, 3.05) is 5.32 Å². The van der Waals surface area contributed by atoms with Crippen molar-refractivity contribution < 1.29 is 19.4 Å². The summed E-state index contributed by atoms with van der Waals surface area (Å²) in [7, 11) is 0. The van der Waals surface area contributed by atoms with E-state index in [1.165, 1.54) is 0 Å². The second kappa shape index (κ2) is 5.42. The first-order valence-corrected chi connectivity index (χ1v) is 7.72. The summed E-state index contributed by atoms with van der Waals surface area (Å²) >= 11 is 3.37. The first-order valence-electron chi connectivity index (χ1n) is 6.92. The number of benzene rings is 1. The maximum atomic E-state index is 12.5. The van der Waals surface area contributed by atoms with Crippen molar-refractivity contribution in [1.82, 2.24) is 0 Å². The van der Waals surface area contributed by atoms with Gasteiger partial charge in [-0.1, -0.05) is 15.9 Å². The quantitative estimate of drug-likeness (QED) is 0.875. The number of aliphatic carboxylic acids is 1. The van der Waals surface area contributed by atoms with Crippen molar-refractivity contribution >= 4 is 33.5 Å². The molecule has 21 heavy (non-hydrogen) atoms. The highest BCUT2D eigenvalue weighted by atomic mass is 79.9. The van der Waals surface area contributed by atoms with Crippen molar-refractivity contribution in [3.8, 4) is 0 Å². The van der Waals surface area contributed by atoms with E-state index in [2.05, 4.69) is 21.2 Å². The molecule has 2 fully saturated rings. The molecular formula is C15H16BrNO4. The molecule has 0 aliphatic carbocycles. The Bertz CT molecular complexity index is 603. The number of rotatable bonds is 3. The Morgan fingerprint density at radius 2 is 1.95 bits per heavy atom. The van der Waals surface area contributed by atoms with Gasteiger partial charge in [0.05, 0.1) is 24.0 Å². The smallest absolute Gasteiger partial charge is 0.310 e. The summed E-state index contributed by atoms with van der Waals surface area (Å²) in [5.74, 6) is -2.56. The summed E-state index contributed by atoms with van der Waals surface area (Å²) in [5.41, 5.74) is 1.63. The Hall–Kier alpha value is -1.40. The highest BCUT2D eigenvalue weighted by Crippen LogP contribution is 2.44. The largest absolute Gasteiger partial charge is 0.481 e. The lowest BCUT2D eigenvalue weighted by Gasteiger charge is -2.24. The number of carbonyl (C=O) groups is 2. The SMILES string of the molecule is Cc1cc(Br)ccc1NC(=O)[C@H]1[C@@H](C(=O)O)[C@H]2CC[C@H]1O2. The molecule has 0 saturated carbocycles. The van der Waals surface area contributed by atoms with Crippen LogP contribution >= 0.6 is 15.9 Å². The first-order chi connectivity index (χ1) is 9.97. The van der Waals surface area contributed by atoms with E-state index in [4.69, 9.17) is 4.74 Å². The Morgan fingerprint density at radius 3 is 2.57 bits per heavy atom. The van der Waals surface area contributed by atoms with E-state index in [9.17, 15) is 14.7 Å². The van der Waals surface area contributed by atoms with Gasteiger partial charge in [-0.3, -0.25) is 9.59 Å². The van der Waals surface area contributed by atoms with Crippen molar-refractivity contribution in [2.45, 2.75) is 32.0 Å². The third-order valence-electron chi connectivity index (χ3n) is 4.31. The molecule has 4 atom stereocenters. The summed E-state index contributed by atoms with van der Waals surface area (Å²) < 4.78 is 6.55. The molecule has 1 aromatic rings. The molecule has 3 rings (SSSR count). The summed E-state index contributed by atoms with van der Waals surface area (Å²) in [4.78, 5) is 23.9. The minimum absolute atomic E-state index is 0.264.